The van der Waals surface area contributed by atoms with Gasteiger partial charge in [0.2, 0.25) is 0 Å². The van der Waals surface area contributed by atoms with Crippen molar-refractivity contribution in [2.24, 2.45) is 0 Å². The van der Waals surface area contributed by atoms with E-state index >= 15 is 0 Å². The molecule has 1 aliphatic heterocycles. The van der Waals surface area contributed by atoms with Crippen LogP contribution in [0, 0.1) is 0 Å². The third-order valence-corrected chi connectivity index (χ3v) is 4.65. The van der Waals surface area contributed by atoms with Crippen LogP contribution in [0.1, 0.15) is 27.7 Å². The van der Waals surface area contributed by atoms with Crippen molar-refractivity contribution in [3.8, 4) is 0 Å². The molecule has 1 saturated heterocycles. The normalized spacial score (nSPS) is 23.5. The molecule has 24 heavy (non-hydrogen) atoms. The van der Waals surface area contributed by atoms with Crippen LogP contribution in [0.2, 0.25) is 0 Å². The van der Waals surface area contributed by atoms with Crippen molar-refractivity contribution in [3.05, 3.63) is 0 Å². The van der Waals surface area contributed by atoms with Crippen molar-refractivity contribution >= 4 is 16.3 Å². The fourth-order valence-electron chi connectivity index (χ4n) is 2.13. The summed E-state index contributed by atoms with van der Waals surface area (Å²) in [5.41, 5.74) is -0.793. The zero-order valence-corrected chi connectivity index (χ0v) is 15.7. The lowest BCUT2D eigenvalue weighted by Gasteiger charge is -2.26. The van der Waals surface area contributed by atoms with Crippen LogP contribution in [-0.4, -0.2) is 76.6 Å². The molecule has 0 aromatic heterocycles. The van der Waals surface area contributed by atoms with Crippen LogP contribution in [0.15, 0.2) is 0 Å². The summed E-state index contributed by atoms with van der Waals surface area (Å²) < 4.78 is 49.1. The van der Waals surface area contributed by atoms with Gasteiger partial charge in [-0.1, -0.05) is 0 Å². The molecular weight excluding hydrogens is 340 g/mol. The van der Waals surface area contributed by atoms with Gasteiger partial charge in [0, 0.05) is 26.8 Å². The van der Waals surface area contributed by atoms with E-state index in [0.717, 1.165) is 4.31 Å². The van der Waals surface area contributed by atoms with Crippen LogP contribution >= 0.6 is 0 Å². The molecule has 1 rings (SSSR count). The van der Waals surface area contributed by atoms with Crippen LogP contribution in [0.3, 0.4) is 0 Å². The Bertz CT molecular complexity index is 504. The molecule has 142 valence electrons. The molecule has 9 nitrogen and oxygen atoms in total. The van der Waals surface area contributed by atoms with Gasteiger partial charge in [0.15, 0.2) is 0 Å². The Morgan fingerprint density at radius 2 is 2.04 bits per heavy atom. The van der Waals surface area contributed by atoms with Crippen LogP contribution in [0.4, 0.5) is 4.79 Å². The number of nitrogens with one attached hydrogen (secondary N) is 1. The lowest BCUT2D eigenvalue weighted by Crippen LogP contribution is -2.49. The van der Waals surface area contributed by atoms with Gasteiger partial charge in [0.25, 0.3) is 0 Å². The Hall–Kier alpha value is -0.940. The van der Waals surface area contributed by atoms with E-state index in [9.17, 15) is 13.2 Å². The molecule has 1 heterocycles. The summed E-state index contributed by atoms with van der Waals surface area (Å²) in [6.07, 6.45) is -1.90. The molecule has 1 amide bonds. The third kappa shape index (κ3) is 6.89. The highest BCUT2D eigenvalue weighted by Gasteiger charge is 2.35. The maximum atomic E-state index is 12.4. The summed E-state index contributed by atoms with van der Waals surface area (Å²) in [7, 11) is -2.58. The summed E-state index contributed by atoms with van der Waals surface area (Å²) in [5.74, 6) is 0. The lowest BCUT2D eigenvalue weighted by atomic mass is 10.2. The molecule has 1 fully saturated rings. The van der Waals surface area contributed by atoms with E-state index in [-0.39, 0.29) is 25.8 Å². The van der Waals surface area contributed by atoms with E-state index in [0.29, 0.717) is 13.2 Å². The number of nitrogens with zero attached hydrogens (tertiary/aromatic N) is 1. The van der Waals surface area contributed by atoms with Crippen LogP contribution in [0.5, 0.6) is 0 Å². The molecular formula is C14H28N2O7S. The second-order valence-corrected chi connectivity index (χ2v) is 7.98. The van der Waals surface area contributed by atoms with Crippen molar-refractivity contribution < 1.29 is 32.2 Å². The topological polar surface area (TPSA) is 103 Å². The molecule has 1 N–H and O–H groups in total. The van der Waals surface area contributed by atoms with E-state index in [1.54, 1.807) is 20.8 Å². The minimum atomic E-state index is -4.06. The predicted molar refractivity (Wildman–Crippen MR) is 86.9 cm³/mol. The van der Waals surface area contributed by atoms with E-state index in [2.05, 4.69) is 0 Å². The Morgan fingerprint density at radius 1 is 1.38 bits per heavy atom. The zero-order valence-electron chi connectivity index (χ0n) is 14.9. The molecule has 1 aliphatic rings. The van der Waals surface area contributed by atoms with Crippen molar-refractivity contribution in [1.29, 1.82) is 0 Å². The molecule has 2 atom stereocenters. The Balaban J connectivity index is 2.75. The summed E-state index contributed by atoms with van der Waals surface area (Å²) in [6.45, 7) is 7.97. The maximum absolute atomic E-state index is 12.4. The van der Waals surface area contributed by atoms with Gasteiger partial charge in [-0.2, -0.15) is 12.7 Å². The Labute approximate surface area is 143 Å². The van der Waals surface area contributed by atoms with Crippen molar-refractivity contribution in [3.63, 3.8) is 0 Å². The van der Waals surface area contributed by atoms with E-state index in [1.807, 2.05) is 11.6 Å². The first-order valence-electron chi connectivity index (χ1n) is 7.82. The Morgan fingerprint density at radius 3 is 2.58 bits per heavy atom. The molecule has 0 radical (unpaired) electrons. The molecule has 0 spiro atoms. The fraction of sp³-hybridized carbons (Fsp3) is 0.929. The molecule has 0 aliphatic carbocycles. The predicted octanol–water partition coefficient (Wildman–Crippen LogP) is 0.508. The molecule has 10 heteroatoms. The number of amides is 1. The first-order valence-corrected chi connectivity index (χ1v) is 9.26. The number of rotatable bonds is 6. The standard InChI is InChI=1S/C14H28N2O7S/c1-6-21-10-12-11(20-5)9-16(7-8-22-12)24(18,19)15-13(17)23-14(2,3)4/h11-12H,6-10H2,1-5H3,(H,15,17)/t11-,12+/m0/s1. The van der Waals surface area contributed by atoms with Gasteiger partial charge in [-0.3, -0.25) is 0 Å². The molecule has 0 bridgehead atoms. The lowest BCUT2D eigenvalue weighted by molar-refractivity contribution is -0.0777. The number of carbonyl (C=O) groups is 1. The number of carbonyl (C=O) groups excluding carboxylic acids is 1. The summed E-state index contributed by atoms with van der Waals surface area (Å²) >= 11 is 0. The Kier molecular flexibility index (Phi) is 7.87. The minimum Gasteiger partial charge on any atom is -0.443 e. The van der Waals surface area contributed by atoms with E-state index in [1.165, 1.54) is 7.11 Å². The average molecular weight is 368 g/mol. The summed E-state index contributed by atoms with van der Waals surface area (Å²) in [4.78, 5) is 11.7. The van der Waals surface area contributed by atoms with Gasteiger partial charge in [-0.25, -0.2) is 9.52 Å². The van der Waals surface area contributed by atoms with Gasteiger partial charge < -0.3 is 18.9 Å². The van der Waals surface area contributed by atoms with Crippen molar-refractivity contribution in [2.75, 3.05) is 40.0 Å². The first-order chi connectivity index (χ1) is 11.1. The van der Waals surface area contributed by atoms with Crippen molar-refractivity contribution in [2.45, 2.75) is 45.5 Å². The summed E-state index contributed by atoms with van der Waals surface area (Å²) in [6, 6.07) is 0. The van der Waals surface area contributed by atoms with Crippen LogP contribution in [0.25, 0.3) is 0 Å². The quantitative estimate of drug-likeness (QED) is 0.728. The number of methoxy groups -OCH3 is 1. The second-order valence-electron chi connectivity index (χ2n) is 6.31. The average Bonchev–Trinajstić information content (AvgIpc) is 2.64. The number of ether oxygens (including phenoxy) is 4. The smallest absolute Gasteiger partial charge is 0.422 e. The first kappa shape index (κ1) is 21.1. The largest absolute Gasteiger partial charge is 0.443 e. The minimum absolute atomic E-state index is 0.0480. The SMILES string of the molecule is CCOC[C@H]1OCCN(S(=O)(=O)NC(=O)OC(C)(C)C)C[C@@H]1OC. The molecule has 0 unspecified atom stereocenters. The van der Waals surface area contributed by atoms with Gasteiger partial charge >= 0.3 is 16.3 Å². The van der Waals surface area contributed by atoms with Crippen LogP contribution in [-0.2, 0) is 29.2 Å². The fourth-order valence-corrected chi connectivity index (χ4v) is 3.17. The van der Waals surface area contributed by atoms with E-state index in [4.69, 9.17) is 18.9 Å². The number of hydrogen-bond donors (Lipinski definition) is 1. The van der Waals surface area contributed by atoms with E-state index < -0.39 is 28.0 Å². The third-order valence-electron chi connectivity index (χ3n) is 3.21. The monoisotopic (exact) mass is 368 g/mol. The maximum Gasteiger partial charge on any atom is 0.422 e. The van der Waals surface area contributed by atoms with Gasteiger partial charge in [-0.05, 0) is 27.7 Å². The molecule has 0 aromatic carbocycles. The molecule has 0 saturated carbocycles. The van der Waals surface area contributed by atoms with Crippen molar-refractivity contribution in [1.82, 2.24) is 9.03 Å². The van der Waals surface area contributed by atoms with Gasteiger partial charge in [-0.15, -0.1) is 0 Å². The molecule has 0 aromatic rings. The van der Waals surface area contributed by atoms with Gasteiger partial charge in [0.05, 0.1) is 19.3 Å². The van der Waals surface area contributed by atoms with Gasteiger partial charge in [0.1, 0.15) is 11.7 Å². The highest BCUT2D eigenvalue weighted by molar-refractivity contribution is 7.87. The summed E-state index contributed by atoms with van der Waals surface area (Å²) in [5, 5.41) is 0. The highest BCUT2D eigenvalue weighted by Crippen LogP contribution is 2.14. The number of hydrogen-bond acceptors (Lipinski definition) is 7. The second kappa shape index (κ2) is 8.95. The highest BCUT2D eigenvalue weighted by atomic mass is 32.2. The van der Waals surface area contributed by atoms with Crippen LogP contribution < -0.4 is 4.72 Å². The zero-order chi connectivity index (χ0) is 18.4.